The first kappa shape index (κ1) is 16.5. The van der Waals surface area contributed by atoms with E-state index in [1.165, 1.54) is 11.3 Å². The second kappa shape index (κ2) is 6.89. The zero-order valence-corrected chi connectivity index (χ0v) is 14.0. The van der Waals surface area contributed by atoms with Gasteiger partial charge in [-0.2, -0.15) is 0 Å². The number of thiophene rings is 1. The van der Waals surface area contributed by atoms with Gasteiger partial charge in [-0.25, -0.2) is 13.1 Å². The van der Waals surface area contributed by atoms with Gasteiger partial charge in [0.2, 0.25) is 10.0 Å². The van der Waals surface area contributed by atoms with E-state index in [2.05, 4.69) is 4.72 Å². The Morgan fingerprint density at radius 2 is 1.95 bits per heavy atom. The number of nitrogens with one attached hydrogen (secondary N) is 1. The maximum absolute atomic E-state index is 12.4. The lowest BCUT2D eigenvalue weighted by molar-refractivity contribution is 0.580. The fourth-order valence-electron chi connectivity index (χ4n) is 2.04. The second-order valence-electron chi connectivity index (χ2n) is 4.65. The highest BCUT2D eigenvalue weighted by atomic mass is 35.5. The van der Waals surface area contributed by atoms with Crippen molar-refractivity contribution in [3.05, 3.63) is 50.7 Å². The summed E-state index contributed by atoms with van der Waals surface area (Å²) in [5.74, 6) is 0. The first-order chi connectivity index (χ1) is 9.94. The van der Waals surface area contributed by atoms with Crippen LogP contribution in [0.3, 0.4) is 0 Å². The van der Waals surface area contributed by atoms with Crippen LogP contribution in [0.4, 0.5) is 0 Å². The molecule has 3 N–H and O–H groups in total. The summed E-state index contributed by atoms with van der Waals surface area (Å²) in [5.41, 5.74) is 7.37. The maximum atomic E-state index is 12.4. The van der Waals surface area contributed by atoms with Crippen LogP contribution in [-0.2, 0) is 23.0 Å². The third kappa shape index (κ3) is 4.05. The van der Waals surface area contributed by atoms with Crippen molar-refractivity contribution in [2.24, 2.45) is 5.73 Å². The van der Waals surface area contributed by atoms with Gasteiger partial charge in [0, 0.05) is 23.0 Å². The quantitative estimate of drug-likeness (QED) is 0.846. The Morgan fingerprint density at radius 1 is 1.29 bits per heavy atom. The van der Waals surface area contributed by atoms with E-state index in [9.17, 15) is 8.42 Å². The lowest BCUT2D eigenvalue weighted by atomic mass is 10.2. The monoisotopic (exact) mass is 344 g/mol. The average Bonchev–Trinajstić information content (AvgIpc) is 2.83. The summed E-state index contributed by atoms with van der Waals surface area (Å²) in [6.45, 7) is 2.35. The molecule has 0 saturated heterocycles. The van der Waals surface area contributed by atoms with Crippen LogP contribution in [0.5, 0.6) is 0 Å². The highest BCUT2D eigenvalue weighted by Gasteiger charge is 2.21. The Labute approximate surface area is 134 Å². The second-order valence-corrected chi connectivity index (χ2v) is 7.75. The molecule has 0 saturated carbocycles. The fraction of sp³-hybridized carbons (Fsp3) is 0.286. The number of halogens is 1. The molecule has 0 aliphatic heterocycles. The van der Waals surface area contributed by atoms with Gasteiger partial charge in [-0.05, 0) is 42.0 Å². The van der Waals surface area contributed by atoms with Gasteiger partial charge < -0.3 is 5.73 Å². The zero-order chi connectivity index (χ0) is 15.5. The van der Waals surface area contributed by atoms with Gasteiger partial charge in [-0.3, -0.25) is 0 Å². The Kier molecular flexibility index (Phi) is 5.40. The van der Waals surface area contributed by atoms with Crippen molar-refractivity contribution >= 4 is 33.0 Å². The Balaban J connectivity index is 2.04. The first-order valence-electron chi connectivity index (χ1n) is 6.45. The SMILES string of the molecule is Cc1csc(CN)c1S(=O)(=O)NCCc1ccc(Cl)cc1. The molecule has 0 unspecified atom stereocenters. The van der Waals surface area contributed by atoms with E-state index in [1.807, 2.05) is 17.5 Å². The third-order valence-electron chi connectivity index (χ3n) is 3.06. The summed E-state index contributed by atoms with van der Waals surface area (Å²) in [5, 5.41) is 2.48. The van der Waals surface area contributed by atoms with E-state index >= 15 is 0 Å². The molecule has 0 spiro atoms. The molecule has 4 nitrogen and oxygen atoms in total. The van der Waals surface area contributed by atoms with Crippen LogP contribution < -0.4 is 10.5 Å². The molecule has 1 heterocycles. The summed E-state index contributed by atoms with van der Waals surface area (Å²) in [4.78, 5) is 1.01. The summed E-state index contributed by atoms with van der Waals surface area (Å²) >= 11 is 7.19. The Morgan fingerprint density at radius 3 is 2.57 bits per heavy atom. The molecule has 0 aliphatic carbocycles. The third-order valence-corrected chi connectivity index (χ3v) is 6.26. The van der Waals surface area contributed by atoms with Crippen molar-refractivity contribution in [1.82, 2.24) is 4.72 Å². The molecule has 21 heavy (non-hydrogen) atoms. The highest BCUT2D eigenvalue weighted by Crippen LogP contribution is 2.26. The van der Waals surface area contributed by atoms with Crippen LogP contribution >= 0.6 is 22.9 Å². The normalized spacial score (nSPS) is 11.8. The zero-order valence-electron chi connectivity index (χ0n) is 11.6. The van der Waals surface area contributed by atoms with E-state index in [0.29, 0.717) is 27.8 Å². The minimum Gasteiger partial charge on any atom is -0.326 e. The van der Waals surface area contributed by atoms with E-state index in [4.69, 9.17) is 17.3 Å². The predicted octanol–water partition coefficient (Wildman–Crippen LogP) is 2.69. The summed E-state index contributed by atoms with van der Waals surface area (Å²) in [7, 11) is -3.51. The summed E-state index contributed by atoms with van der Waals surface area (Å²) in [6, 6.07) is 7.36. The number of rotatable bonds is 6. The van der Waals surface area contributed by atoms with Gasteiger partial charge in [-0.1, -0.05) is 23.7 Å². The Bertz CT molecular complexity index is 709. The molecule has 1 aromatic heterocycles. The van der Waals surface area contributed by atoms with E-state index < -0.39 is 10.0 Å². The van der Waals surface area contributed by atoms with Gasteiger partial charge in [-0.15, -0.1) is 11.3 Å². The van der Waals surface area contributed by atoms with Crippen molar-refractivity contribution in [3.8, 4) is 0 Å². The van der Waals surface area contributed by atoms with E-state index in [0.717, 1.165) is 11.1 Å². The van der Waals surface area contributed by atoms with E-state index in [1.54, 1.807) is 19.1 Å². The molecule has 1 aromatic carbocycles. The molecule has 7 heteroatoms. The van der Waals surface area contributed by atoms with Crippen molar-refractivity contribution in [2.75, 3.05) is 6.54 Å². The van der Waals surface area contributed by atoms with Crippen LogP contribution in [0.1, 0.15) is 16.0 Å². The molecule has 0 fully saturated rings. The maximum Gasteiger partial charge on any atom is 0.241 e. The standard InChI is InChI=1S/C14H17ClN2O2S2/c1-10-9-20-13(8-16)14(10)21(18,19)17-7-6-11-2-4-12(15)5-3-11/h2-5,9,17H,6-8,16H2,1H3. The predicted molar refractivity (Wildman–Crippen MR) is 87.3 cm³/mol. The molecule has 2 aromatic rings. The number of benzene rings is 1. The van der Waals surface area contributed by atoms with E-state index in [-0.39, 0.29) is 6.54 Å². The number of sulfonamides is 1. The average molecular weight is 345 g/mol. The molecule has 114 valence electrons. The number of nitrogens with two attached hydrogens (primary N) is 1. The summed E-state index contributed by atoms with van der Waals surface area (Å²) < 4.78 is 27.3. The molecular formula is C14H17ClN2O2S2. The lowest BCUT2D eigenvalue weighted by Crippen LogP contribution is -2.27. The van der Waals surface area contributed by atoms with Crippen LogP contribution in [-0.4, -0.2) is 15.0 Å². The van der Waals surface area contributed by atoms with Gasteiger partial charge in [0.05, 0.1) is 0 Å². The van der Waals surface area contributed by atoms with Gasteiger partial charge >= 0.3 is 0 Å². The van der Waals surface area contributed by atoms with Crippen molar-refractivity contribution in [1.29, 1.82) is 0 Å². The highest BCUT2D eigenvalue weighted by molar-refractivity contribution is 7.89. The first-order valence-corrected chi connectivity index (χ1v) is 9.19. The van der Waals surface area contributed by atoms with Crippen LogP contribution in [0.2, 0.25) is 5.02 Å². The van der Waals surface area contributed by atoms with Crippen molar-refractivity contribution in [2.45, 2.75) is 24.8 Å². The molecule has 0 amide bonds. The molecule has 0 radical (unpaired) electrons. The molecule has 2 rings (SSSR count). The molecular weight excluding hydrogens is 328 g/mol. The summed E-state index contributed by atoms with van der Waals surface area (Å²) in [6.07, 6.45) is 0.609. The Hall–Kier alpha value is -0.920. The van der Waals surface area contributed by atoms with Crippen molar-refractivity contribution in [3.63, 3.8) is 0 Å². The van der Waals surface area contributed by atoms with Gasteiger partial charge in [0.15, 0.2) is 0 Å². The topological polar surface area (TPSA) is 72.2 Å². The molecule has 0 aliphatic rings. The minimum atomic E-state index is -3.51. The lowest BCUT2D eigenvalue weighted by Gasteiger charge is -2.08. The van der Waals surface area contributed by atoms with Crippen molar-refractivity contribution < 1.29 is 8.42 Å². The largest absolute Gasteiger partial charge is 0.326 e. The van der Waals surface area contributed by atoms with Gasteiger partial charge in [0.25, 0.3) is 0 Å². The number of hydrogen-bond donors (Lipinski definition) is 2. The number of hydrogen-bond acceptors (Lipinski definition) is 4. The van der Waals surface area contributed by atoms with Crippen LogP contribution in [0.25, 0.3) is 0 Å². The molecule has 0 atom stereocenters. The van der Waals surface area contributed by atoms with Crippen LogP contribution in [0, 0.1) is 6.92 Å². The smallest absolute Gasteiger partial charge is 0.241 e. The minimum absolute atomic E-state index is 0.228. The van der Waals surface area contributed by atoms with Crippen LogP contribution in [0.15, 0.2) is 34.5 Å². The fourth-order valence-corrected chi connectivity index (χ4v) is 4.90. The molecule has 0 bridgehead atoms. The number of aryl methyl sites for hydroxylation is 1. The van der Waals surface area contributed by atoms with Gasteiger partial charge in [0.1, 0.15) is 4.90 Å².